The highest BCUT2D eigenvalue weighted by Gasteiger charge is 2.22. The molecule has 0 aromatic heterocycles. The van der Waals surface area contributed by atoms with Crippen LogP contribution in [0.1, 0.15) is 78.1 Å². The van der Waals surface area contributed by atoms with Crippen molar-refractivity contribution >= 4 is 45.2 Å². The smallest absolute Gasteiger partial charge is 0.330 e. The van der Waals surface area contributed by atoms with Gasteiger partial charge >= 0.3 is 11.9 Å². The molecule has 2 atom stereocenters. The van der Waals surface area contributed by atoms with E-state index in [-0.39, 0.29) is 13.2 Å². The summed E-state index contributed by atoms with van der Waals surface area (Å²) in [5.41, 5.74) is 0. The Labute approximate surface area is 295 Å². The first-order valence-corrected chi connectivity index (χ1v) is 18.4. The lowest BCUT2D eigenvalue weighted by Gasteiger charge is -2.23. The number of carbonyl (C=O) groups excluding carboxylic acids is 2. The zero-order valence-electron chi connectivity index (χ0n) is 29.0. The molecule has 4 aromatic rings. The molecule has 0 spiro atoms. The van der Waals surface area contributed by atoms with Gasteiger partial charge in [-0.1, -0.05) is 120 Å². The van der Waals surface area contributed by atoms with Gasteiger partial charge in [0.25, 0.3) is 0 Å². The SMILES string of the molecule is C=CC(=O)OC(CCCCCC)COc1c2ccccc2c(OCC(CCCCCC)OC(=O)C=C)c2cc(Sc3ccccc3)ccc12. The van der Waals surface area contributed by atoms with Crippen LogP contribution in [0.3, 0.4) is 0 Å². The van der Waals surface area contributed by atoms with Crippen molar-refractivity contribution < 1.29 is 28.5 Å². The third kappa shape index (κ3) is 11.4. The van der Waals surface area contributed by atoms with E-state index in [2.05, 4.69) is 57.3 Å². The molecule has 0 heterocycles. The lowest BCUT2D eigenvalue weighted by Crippen LogP contribution is -2.25. The van der Waals surface area contributed by atoms with Crippen LogP contribution in [0, 0.1) is 0 Å². The Kier molecular flexibility index (Phi) is 15.6. The van der Waals surface area contributed by atoms with E-state index in [0.29, 0.717) is 24.3 Å². The Morgan fingerprint density at radius 1 is 0.612 bits per heavy atom. The molecule has 4 rings (SSSR count). The third-order valence-electron chi connectivity index (χ3n) is 8.36. The molecule has 0 aliphatic carbocycles. The van der Waals surface area contributed by atoms with E-state index in [1.54, 1.807) is 11.8 Å². The van der Waals surface area contributed by atoms with Gasteiger partial charge in [0.05, 0.1) is 0 Å². The van der Waals surface area contributed by atoms with Crippen molar-refractivity contribution in [3.05, 3.63) is 98.1 Å². The van der Waals surface area contributed by atoms with Crippen LogP contribution in [0.15, 0.2) is 108 Å². The molecular weight excluding hydrogens is 633 g/mol. The molecule has 49 heavy (non-hydrogen) atoms. The maximum Gasteiger partial charge on any atom is 0.330 e. The van der Waals surface area contributed by atoms with Crippen molar-refractivity contribution in [2.75, 3.05) is 13.2 Å². The van der Waals surface area contributed by atoms with E-state index >= 15 is 0 Å². The van der Waals surface area contributed by atoms with Gasteiger partial charge in [0, 0.05) is 43.5 Å². The monoisotopic (exact) mass is 682 g/mol. The first-order chi connectivity index (χ1) is 24.0. The summed E-state index contributed by atoms with van der Waals surface area (Å²) < 4.78 is 24.8. The minimum atomic E-state index is -0.453. The number of carbonyl (C=O) groups is 2. The van der Waals surface area contributed by atoms with Gasteiger partial charge in [-0.15, -0.1) is 0 Å². The second-order valence-electron chi connectivity index (χ2n) is 12.2. The maximum atomic E-state index is 12.3. The maximum absolute atomic E-state index is 12.3. The first-order valence-electron chi connectivity index (χ1n) is 17.6. The number of rotatable bonds is 22. The average Bonchev–Trinajstić information content (AvgIpc) is 3.13. The lowest BCUT2D eigenvalue weighted by molar-refractivity contribution is -0.145. The van der Waals surface area contributed by atoms with Gasteiger partial charge in [0.1, 0.15) is 36.9 Å². The number of benzene rings is 4. The molecule has 6 nitrogen and oxygen atoms in total. The summed E-state index contributed by atoms with van der Waals surface area (Å²) in [4.78, 5) is 26.7. The molecule has 0 saturated heterocycles. The zero-order chi connectivity index (χ0) is 34.8. The van der Waals surface area contributed by atoms with Crippen LogP contribution in [0.5, 0.6) is 11.5 Å². The zero-order valence-corrected chi connectivity index (χ0v) is 29.8. The molecule has 0 aliphatic rings. The summed E-state index contributed by atoms with van der Waals surface area (Å²) in [5.74, 6) is 0.504. The highest BCUT2D eigenvalue weighted by molar-refractivity contribution is 7.99. The normalized spacial score (nSPS) is 12.3. The second kappa shape index (κ2) is 20.3. The van der Waals surface area contributed by atoms with Crippen LogP contribution >= 0.6 is 11.8 Å². The van der Waals surface area contributed by atoms with E-state index in [9.17, 15) is 9.59 Å². The number of fused-ring (bicyclic) bond motifs is 2. The van der Waals surface area contributed by atoms with Crippen molar-refractivity contribution in [3.8, 4) is 11.5 Å². The standard InChI is InChI=1S/C42H50O6S/c1-5-9-11-14-20-31(47-39(43)7-3)29-45-41-35-24-18-19-25-36(35)42(46-30-32(48-40(44)8-4)21-15-12-10-6-2)38-28-34(26-27-37(38)41)49-33-22-16-13-17-23-33/h7-8,13,16-19,22-28,31-32H,3-6,9-12,14-15,20-21,29-30H2,1-2H3. The molecule has 0 amide bonds. The molecule has 0 aliphatic heterocycles. The number of hydrogen-bond donors (Lipinski definition) is 0. The predicted molar refractivity (Wildman–Crippen MR) is 201 cm³/mol. The fourth-order valence-electron chi connectivity index (χ4n) is 5.81. The largest absolute Gasteiger partial charge is 0.488 e. The second-order valence-corrected chi connectivity index (χ2v) is 13.3. The number of ether oxygens (including phenoxy) is 4. The summed E-state index contributed by atoms with van der Waals surface area (Å²) >= 11 is 1.67. The molecule has 0 radical (unpaired) electrons. The summed E-state index contributed by atoms with van der Waals surface area (Å²) in [6.07, 6.45) is 11.5. The van der Waals surface area contributed by atoms with Crippen molar-refractivity contribution in [3.63, 3.8) is 0 Å². The minimum Gasteiger partial charge on any atom is -0.488 e. The predicted octanol–water partition coefficient (Wildman–Crippen LogP) is 11.0. The Morgan fingerprint density at radius 3 is 1.61 bits per heavy atom. The Bertz CT molecular complexity index is 1670. The van der Waals surface area contributed by atoms with Crippen LogP contribution < -0.4 is 9.47 Å². The van der Waals surface area contributed by atoms with Gasteiger partial charge in [0.2, 0.25) is 0 Å². The fraction of sp³-hybridized carbons (Fsp3) is 0.381. The van der Waals surface area contributed by atoms with E-state index in [1.807, 2.05) is 42.5 Å². The molecule has 2 unspecified atom stereocenters. The van der Waals surface area contributed by atoms with Gasteiger partial charge < -0.3 is 18.9 Å². The number of hydrogen-bond acceptors (Lipinski definition) is 7. The summed E-state index contributed by atoms with van der Waals surface area (Å²) in [6, 6.07) is 24.5. The third-order valence-corrected chi connectivity index (χ3v) is 9.36. The van der Waals surface area contributed by atoms with Crippen molar-refractivity contribution in [1.29, 1.82) is 0 Å². The van der Waals surface area contributed by atoms with Crippen LogP contribution in [0.4, 0.5) is 0 Å². The van der Waals surface area contributed by atoms with Crippen molar-refractivity contribution in [1.82, 2.24) is 0 Å². The van der Waals surface area contributed by atoms with Gasteiger partial charge in [-0.05, 0) is 56.0 Å². The van der Waals surface area contributed by atoms with Gasteiger partial charge in [-0.3, -0.25) is 0 Å². The van der Waals surface area contributed by atoms with E-state index < -0.39 is 24.1 Å². The lowest BCUT2D eigenvalue weighted by atomic mass is 10.0. The highest BCUT2D eigenvalue weighted by atomic mass is 32.2. The Morgan fingerprint density at radius 2 is 1.10 bits per heavy atom. The molecule has 0 bridgehead atoms. The first kappa shape index (κ1) is 37.6. The van der Waals surface area contributed by atoms with Gasteiger partial charge in [0.15, 0.2) is 0 Å². The van der Waals surface area contributed by atoms with Gasteiger partial charge in [-0.2, -0.15) is 0 Å². The Hall–Kier alpha value is -4.23. The molecular formula is C42H50O6S. The fourth-order valence-corrected chi connectivity index (χ4v) is 6.68. The quantitative estimate of drug-likeness (QED) is 0.0353. The molecule has 260 valence electrons. The Balaban J connectivity index is 1.74. The molecule has 4 aromatic carbocycles. The summed E-state index contributed by atoms with van der Waals surface area (Å²) in [6.45, 7) is 11.9. The minimum absolute atomic E-state index is 0.207. The van der Waals surface area contributed by atoms with Crippen molar-refractivity contribution in [2.45, 2.75) is 100 Å². The molecule has 7 heteroatoms. The van der Waals surface area contributed by atoms with Crippen LogP contribution in [0.25, 0.3) is 21.5 Å². The van der Waals surface area contributed by atoms with E-state index in [4.69, 9.17) is 18.9 Å². The molecule has 0 fully saturated rings. The average molecular weight is 683 g/mol. The number of unbranched alkanes of at least 4 members (excludes halogenated alkanes) is 6. The van der Waals surface area contributed by atoms with E-state index in [1.165, 1.54) is 12.2 Å². The summed E-state index contributed by atoms with van der Waals surface area (Å²) in [7, 11) is 0. The van der Waals surface area contributed by atoms with Crippen LogP contribution in [0.2, 0.25) is 0 Å². The molecule has 0 N–H and O–H groups in total. The topological polar surface area (TPSA) is 71.1 Å². The van der Waals surface area contributed by atoms with Crippen molar-refractivity contribution in [2.24, 2.45) is 0 Å². The van der Waals surface area contributed by atoms with Crippen LogP contribution in [-0.4, -0.2) is 37.4 Å². The summed E-state index contributed by atoms with van der Waals surface area (Å²) in [5, 5.41) is 3.54. The van der Waals surface area contributed by atoms with E-state index in [0.717, 1.165) is 82.7 Å². The number of esters is 2. The van der Waals surface area contributed by atoms with Crippen LogP contribution in [-0.2, 0) is 19.1 Å². The highest BCUT2D eigenvalue weighted by Crippen LogP contribution is 2.45. The van der Waals surface area contributed by atoms with Gasteiger partial charge in [-0.25, -0.2) is 9.59 Å². The molecule has 0 saturated carbocycles.